The maximum Gasteiger partial charge on any atom is 0.303 e. The number of hydrogen-bond donors (Lipinski definition) is 1. The van der Waals surface area contributed by atoms with E-state index in [-0.39, 0.29) is 23.1 Å². The van der Waals surface area contributed by atoms with Crippen molar-refractivity contribution >= 4 is 69.8 Å². The van der Waals surface area contributed by atoms with Gasteiger partial charge in [-0.3, -0.25) is 19.3 Å². The second kappa shape index (κ2) is 9.92. The van der Waals surface area contributed by atoms with Crippen LogP contribution in [0.4, 0.5) is 4.79 Å². The molecule has 6 nitrogen and oxygen atoms in total. The fraction of sp³-hybridized carbons (Fsp3) is 0.250. The monoisotopic (exact) mass is 487 g/mol. The van der Waals surface area contributed by atoms with E-state index < -0.39 is 11.9 Å². The van der Waals surface area contributed by atoms with Gasteiger partial charge in [0.25, 0.3) is 11.1 Å². The van der Waals surface area contributed by atoms with Crippen molar-refractivity contribution in [1.82, 2.24) is 4.90 Å². The summed E-state index contributed by atoms with van der Waals surface area (Å²) in [6.45, 7) is 0.254. The van der Waals surface area contributed by atoms with Crippen LogP contribution in [-0.4, -0.2) is 33.7 Å². The van der Waals surface area contributed by atoms with E-state index in [9.17, 15) is 14.4 Å². The van der Waals surface area contributed by atoms with Gasteiger partial charge in [0, 0.05) is 24.6 Å². The summed E-state index contributed by atoms with van der Waals surface area (Å²) < 4.78 is 5.75. The Bertz CT molecular complexity index is 1030. The zero-order valence-corrected chi connectivity index (χ0v) is 18.6. The summed E-state index contributed by atoms with van der Waals surface area (Å²) in [5.74, 6) is -0.417. The number of hydrogen-bond acceptors (Lipinski definition) is 5. The van der Waals surface area contributed by atoms with Crippen molar-refractivity contribution in [3.05, 3.63) is 50.0 Å². The Hall–Kier alpha value is -1.93. The summed E-state index contributed by atoms with van der Waals surface area (Å²) in [5.41, 5.74) is 0.556. The van der Waals surface area contributed by atoms with Gasteiger partial charge in [0.15, 0.2) is 0 Å². The molecule has 0 bridgehead atoms. The molecular formula is C20H16Cl3NO5S. The highest BCUT2D eigenvalue weighted by Crippen LogP contribution is 2.37. The molecule has 3 rings (SSSR count). The van der Waals surface area contributed by atoms with E-state index in [0.717, 1.165) is 16.7 Å². The second-order valence-corrected chi connectivity index (χ2v) is 8.70. The maximum absolute atomic E-state index is 12.5. The Balaban J connectivity index is 1.68. The molecular weight excluding hydrogens is 473 g/mol. The van der Waals surface area contributed by atoms with Gasteiger partial charge in [-0.2, -0.15) is 0 Å². The molecule has 1 aromatic heterocycles. The van der Waals surface area contributed by atoms with E-state index in [4.69, 9.17) is 44.3 Å². The van der Waals surface area contributed by atoms with Gasteiger partial charge >= 0.3 is 5.97 Å². The molecule has 1 N–H and O–H groups in total. The van der Waals surface area contributed by atoms with Gasteiger partial charge in [-0.25, -0.2) is 0 Å². The number of amides is 2. The number of carboxylic acids is 1. The summed E-state index contributed by atoms with van der Waals surface area (Å²) in [6.07, 6.45) is 3.27. The zero-order valence-electron chi connectivity index (χ0n) is 15.5. The molecule has 1 aromatic carbocycles. The number of thioether (sulfide) groups is 1. The first-order valence-electron chi connectivity index (χ1n) is 8.98. The third-order valence-corrected chi connectivity index (χ3v) is 6.26. The summed E-state index contributed by atoms with van der Waals surface area (Å²) in [4.78, 5) is 36.6. The number of rotatable bonds is 8. The van der Waals surface area contributed by atoms with Crippen LogP contribution >= 0.6 is 46.6 Å². The minimum atomic E-state index is -0.857. The maximum atomic E-state index is 12.5. The van der Waals surface area contributed by atoms with Crippen molar-refractivity contribution in [2.24, 2.45) is 0 Å². The van der Waals surface area contributed by atoms with Gasteiger partial charge in [0.05, 0.1) is 20.0 Å². The van der Waals surface area contributed by atoms with Crippen LogP contribution in [-0.2, 0) is 9.59 Å². The summed E-state index contributed by atoms with van der Waals surface area (Å²) in [7, 11) is 0. The van der Waals surface area contributed by atoms with E-state index in [0.29, 0.717) is 51.4 Å². The van der Waals surface area contributed by atoms with Gasteiger partial charge < -0.3 is 9.52 Å². The van der Waals surface area contributed by atoms with Crippen LogP contribution in [0.5, 0.6) is 0 Å². The Kier molecular flexibility index (Phi) is 7.52. The number of imide groups is 1. The molecule has 1 fully saturated rings. The number of halogens is 3. The largest absolute Gasteiger partial charge is 0.481 e. The summed E-state index contributed by atoms with van der Waals surface area (Å²) >= 11 is 19.0. The molecule has 158 valence electrons. The second-order valence-electron chi connectivity index (χ2n) is 6.49. The predicted octanol–water partition coefficient (Wildman–Crippen LogP) is 6.59. The van der Waals surface area contributed by atoms with Crippen molar-refractivity contribution in [3.8, 4) is 11.3 Å². The van der Waals surface area contributed by atoms with Gasteiger partial charge in [-0.15, -0.1) is 0 Å². The molecule has 30 heavy (non-hydrogen) atoms. The molecule has 1 saturated heterocycles. The number of furan rings is 1. The Morgan fingerprint density at radius 2 is 1.80 bits per heavy atom. The first-order valence-corrected chi connectivity index (χ1v) is 10.9. The van der Waals surface area contributed by atoms with Crippen LogP contribution in [0.2, 0.25) is 15.1 Å². The fourth-order valence-corrected chi connectivity index (χ4v) is 4.32. The normalized spacial score (nSPS) is 15.4. The predicted molar refractivity (Wildman–Crippen MR) is 118 cm³/mol. The van der Waals surface area contributed by atoms with Gasteiger partial charge in [-0.05, 0) is 48.9 Å². The van der Waals surface area contributed by atoms with Gasteiger partial charge in [0.2, 0.25) is 0 Å². The van der Waals surface area contributed by atoms with Crippen molar-refractivity contribution in [2.45, 2.75) is 25.7 Å². The quantitative estimate of drug-likeness (QED) is 0.256. The number of unbranched alkanes of at least 4 members (excludes halogenated alkanes) is 2. The molecule has 0 unspecified atom stereocenters. The summed E-state index contributed by atoms with van der Waals surface area (Å²) in [5, 5.41) is 9.31. The Morgan fingerprint density at radius 1 is 1.07 bits per heavy atom. The highest BCUT2D eigenvalue weighted by atomic mass is 35.5. The van der Waals surface area contributed by atoms with E-state index in [2.05, 4.69) is 0 Å². The first-order chi connectivity index (χ1) is 14.3. The minimum Gasteiger partial charge on any atom is -0.481 e. The third kappa shape index (κ3) is 5.40. The molecule has 1 aliphatic rings. The Morgan fingerprint density at radius 3 is 2.53 bits per heavy atom. The number of nitrogens with zero attached hydrogens (tertiary/aromatic N) is 1. The van der Waals surface area contributed by atoms with Crippen molar-refractivity contribution in [2.75, 3.05) is 6.54 Å². The van der Waals surface area contributed by atoms with E-state index in [1.54, 1.807) is 18.2 Å². The van der Waals surface area contributed by atoms with Crippen LogP contribution in [0, 0.1) is 0 Å². The molecule has 0 atom stereocenters. The van der Waals surface area contributed by atoms with Crippen molar-refractivity contribution in [1.29, 1.82) is 0 Å². The molecule has 0 spiro atoms. The molecule has 1 aliphatic heterocycles. The van der Waals surface area contributed by atoms with Crippen LogP contribution in [0.1, 0.15) is 31.4 Å². The van der Waals surface area contributed by atoms with E-state index in [1.165, 1.54) is 12.1 Å². The zero-order chi connectivity index (χ0) is 21.8. The molecule has 10 heteroatoms. The topological polar surface area (TPSA) is 87.8 Å². The highest BCUT2D eigenvalue weighted by Gasteiger charge is 2.34. The first kappa shape index (κ1) is 22.7. The highest BCUT2D eigenvalue weighted by molar-refractivity contribution is 8.18. The lowest BCUT2D eigenvalue weighted by Gasteiger charge is -2.11. The van der Waals surface area contributed by atoms with Crippen LogP contribution in [0.3, 0.4) is 0 Å². The van der Waals surface area contributed by atoms with Crippen molar-refractivity contribution < 1.29 is 23.9 Å². The molecule has 2 heterocycles. The SMILES string of the molecule is O=C(O)CCCCCN1C(=O)S/C(=C\c2ccc(-c3cc(Cl)c(Cl)cc3Cl)o2)C1=O. The van der Waals surface area contributed by atoms with Crippen LogP contribution in [0.25, 0.3) is 17.4 Å². The lowest BCUT2D eigenvalue weighted by Crippen LogP contribution is -2.29. The fourth-order valence-electron chi connectivity index (χ4n) is 2.83. The Labute approximate surface area is 191 Å². The average Bonchev–Trinajstić information content (AvgIpc) is 3.24. The lowest BCUT2D eigenvalue weighted by atomic mass is 10.2. The summed E-state index contributed by atoms with van der Waals surface area (Å²) in [6, 6.07) is 6.45. The van der Waals surface area contributed by atoms with Crippen LogP contribution < -0.4 is 0 Å². The number of carbonyl (C=O) groups is 3. The molecule has 0 saturated carbocycles. The van der Waals surface area contributed by atoms with E-state index in [1.807, 2.05) is 0 Å². The molecule has 0 aliphatic carbocycles. The standard InChI is InChI=1S/C20H16Cl3NO5S/c21-13-10-15(23)14(22)9-12(13)16-6-5-11(29-16)8-17-19(27)24(20(28)30-17)7-3-1-2-4-18(25)26/h5-6,8-10H,1-4,7H2,(H,25,26)/b17-8-. The lowest BCUT2D eigenvalue weighted by molar-refractivity contribution is -0.137. The third-order valence-electron chi connectivity index (χ3n) is 4.32. The number of benzene rings is 1. The number of aliphatic carboxylic acids is 1. The van der Waals surface area contributed by atoms with Crippen LogP contribution in [0.15, 0.2) is 33.6 Å². The smallest absolute Gasteiger partial charge is 0.303 e. The van der Waals surface area contributed by atoms with E-state index >= 15 is 0 Å². The molecule has 0 radical (unpaired) electrons. The number of carboxylic acid groups (broad SMARTS) is 1. The minimum absolute atomic E-state index is 0.0749. The van der Waals surface area contributed by atoms with Gasteiger partial charge in [0.1, 0.15) is 11.5 Å². The molecule has 2 aromatic rings. The average molecular weight is 489 g/mol. The van der Waals surface area contributed by atoms with Gasteiger partial charge in [-0.1, -0.05) is 41.2 Å². The molecule has 2 amide bonds. The number of carbonyl (C=O) groups excluding carboxylic acids is 2. The van der Waals surface area contributed by atoms with Crippen molar-refractivity contribution in [3.63, 3.8) is 0 Å².